The molecular formula is C18H25N3O5. The number of hydrogen-bond donors (Lipinski definition) is 3. The van der Waals surface area contributed by atoms with E-state index in [4.69, 9.17) is 4.74 Å². The maximum absolute atomic E-state index is 12.3. The Kier molecular flexibility index (Phi) is 8.27. The molecule has 142 valence electrons. The number of carbonyl (C=O) groups is 4. The molecule has 0 aliphatic heterocycles. The normalized spacial score (nSPS) is 13.7. The fraction of sp³-hybridized carbons (Fsp3) is 0.444. The Balaban J connectivity index is 2.68. The fourth-order valence-electron chi connectivity index (χ4n) is 2.26. The van der Waals surface area contributed by atoms with Gasteiger partial charge in [0.05, 0.1) is 7.11 Å². The first-order chi connectivity index (χ1) is 12.2. The Hall–Kier alpha value is -2.90. The number of amides is 3. The molecule has 26 heavy (non-hydrogen) atoms. The molecule has 1 rings (SSSR count). The topological polar surface area (TPSA) is 114 Å². The van der Waals surface area contributed by atoms with Crippen LogP contribution in [0.25, 0.3) is 0 Å². The molecule has 3 N–H and O–H groups in total. The van der Waals surface area contributed by atoms with E-state index >= 15 is 0 Å². The Morgan fingerprint density at radius 3 is 2.00 bits per heavy atom. The van der Waals surface area contributed by atoms with Crippen molar-refractivity contribution in [3.05, 3.63) is 35.9 Å². The molecule has 8 nitrogen and oxygen atoms in total. The molecule has 0 radical (unpaired) electrons. The average Bonchev–Trinajstić information content (AvgIpc) is 2.60. The van der Waals surface area contributed by atoms with Gasteiger partial charge in [-0.1, -0.05) is 30.3 Å². The fourth-order valence-corrected chi connectivity index (χ4v) is 2.26. The summed E-state index contributed by atoms with van der Waals surface area (Å²) in [6.07, 6.45) is 0.266. The third-order valence-corrected chi connectivity index (χ3v) is 3.65. The zero-order valence-electron chi connectivity index (χ0n) is 15.4. The predicted octanol–water partition coefficient (Wildman–Crippen LogP) is -0.0838. The number of esters is 1. The Morgan fingerprint density at radius 2 is 1.46 bits per heavy atom. The van der Waals surface area contributed by atoms with Crippen molar-refractivity contribution in [2.24, 2.45) is 0 Å². The quantitative estimate of drug-likeness (QED) is 0.559. The number of ether oxygens (including phenoxy) is 1. The van der Waals surface area contributed by atoms with Gasteiger partial charge in [-0.2, -0.15) is 0 Å². The minimum Gasteiger partial charge on any atom is -0.467 e. The standard InChI is InChI=1S/C18H25N3O5/c1-11(19-13(3)22)16(23)20-12(2)17(24)21-15(18(25)26-4)10-14-8-6-5-7-9-14/h5-9,11-12,15H,10H2,1-4H3,(H,19,22)(H,20,23)(H,21,24)/t11-,12-,15-/m0/s1. The van der Waals surface area contributed by atoms with Crippen LogP contribution in [0.1, 0.15) is 26.3 Å². The summed E-state index contributed by atoms with van der Waals surface area (Å²) >= 11 is 0. The summed E-state index contributed by atoms with van der Waals surface area (Å²) in [5, 5.41) is 7.51. The lowest BCUT2D eigenvalue weighted by molar-refractivity contribution is -0.145. The van der Waals surface area contributed by atoms with Crippen molar-refractivity contribution < 1.29 is 23.9 Å². The van der Waals surface area contributed by atoms with E-state index in [1.165, 1.54) is 27.9 Å². The van der Waals surface area contributed by atoms with E-state index in [0.717, 1.165) is 5.56 Å². The molecule has 0 bridgehead atoms. The van der Waals surface area contributed by atoms with Gasteiger partial charge in [0, 0.05) is 13.3 Å². The van der Waals surface area contributed by atoms with Gasteiger partial charge < -0.3 is 20.7 Å². The highest BCUT2D eigenvalue weighted by Gasteiger charge is 2.26. The maximum atomic E-state index is 12.3. The molecule has 0 aliphatic rings. The highest BCUT2D eigenvalue weighted by atomic mass is 16.5. The Morgan fingerprint density at radius 1 is 0.923 bits per heavy atom. The molecule has 0 fully saturated rings. The first-order valence-electron chi connectivity index (χ1n) is 8.24. The van der Waals surface area contributed by atoms with Crippen LogP contribution in [0.2, 0.25) is 0 Å². The van der Waals surface area contributed by atoms with Gasteiger partial charge in [0.15, 0.2) is 0 Å². The molecule has 3 amide bonds. The molecule has 0 heterocycles. The van der Waals surface area contributed by atoms with Crippen LogP contribution in [0.5, 0.6) is 0 Å². The van der Waals surface area contributed by atoms with Crippen molar-refractivity contribution >= 4 is 23.7 Å². The minimum absolute atomic E-state index is 0.266. The molecule has 8 heteroatoms. The summed E-state index contributed by atoms with van der Waals surface area (Å²) in [5.41, 5.74) is 0.860. The summed E-state index contributed by atoms with van der Waals surface area (Å²) in [5.74, 6) is -1.95. The van der Waals surface area contributed by atoms with Crippen LogP contribution in [0.3, 0.4) is 0 Å². The van der Waals surface area contributed by atoms with Crippen LogP contribution < -0.4 is 16.0 Å². The molecule has 1 aromatic rings. The van der Waals surface area contributed by atoms with Crippen LogP contribution in [-0.4, -0.2) is 48.9 Å². The summed E-state index contributed by atoms with van der Waals surface area (Å²) in [6, 6.07) is 6.65. The summed E-state index contributed by atoms with van der Waals surface area (Å²) in [6.45, 7) is 4.29. The van der Waals surface area contributed by atoms with E-state index in [1.54, 1.807) is 0 Å². The molecule has 0 aromatic heterocycles. The van der Waals surface area contributed by atoms with Crippen LogP contribution in [0, 0.1) is 0 Å². The van der Waals surface area contributed by atoms with Crippen LogP contribution in [-0.2, 0) is 30.3 Å². The Labute approximate surface area is 152 Å². The highest BCUT2D eigenvalue weighted by Crippen LogP contribution is 2.05. The van der Waals surface area contributed by atoms with E-state index in [-0.39, 0.29) is 12.3 Å². The number of methoxy groups -OCH3 is 1. The number of carbonyl (C=O) groups excluding carboxylic acids is 4. The number of hydrogen-bond acceptors (Lipinski definition) is 5. The van der Waals surface area contributed by atoms with Gasteiger partial charge in [0.2, 0.25) is 17.7 Å². The van der Waals surface area contributed by atoms with Crippen molar-refractivity contribution in [3.63, 3.8) is 0 Å². The molecule has 0 aliphatic carbocycles. The zero-order chi connectivity index (χ0) is 19.7. The molecule has 1 aromatic carbocycles. The average molecular weight is 363 g/mol. The third kappa shape index (κ3) is 6.92. The second-order valence-corrected chi connectivity index (χ2v) is 5.93. The second kappa shape index (κ2) is 10.2. The van der Waals surface area contributed by atoms with Gasteiger partial charge in [0.1, 0.15) is 18.1 Å². The summed E-state index contributed by atoms with van der Waals surface area (Å²) in [7, 11) is 1.24. The van der Waals surface area contributed by atoms with Crippen molar-refractivity contribution in [3.8, 4) is 0 Å². The van der Waals surface area contributed by atoms with E-state index in [0.29, 0.717) is 0 Å². The van der Waals surface area contributed by atoms with Crippen molar-refractivity contribution in [2.75, 3.05) is 7.11 Å². The largest absolute Gasteiger partial charge is 0.467 e. The SMILES string of the molecule is COC(=O)[C@H](Cc1ccccc1)NC(=O)[C@H](C)NC(=O)[C@H](C)NC(C)=O. The highest BCUT2D eigenvalue weighted by molar-refractivity contribution is 5.92. The van der Waals surface area contributed by atoms with E-state index in [9.17, 15) is 19.2 Å². The van der Waals surface area contributed by atoms with Gasteiger partial charge in [-0.15, -0.1) is 0 Å². The zero-order valence-corrected chi connectivity index (χ0v) is 15.4. The third-order valence-electron chi connectivity index (χ3n) is 3.65. The molecule has 0 spiro atoms. The van der Waals surface area contributed by atoms with Gasteiger partial charge in [-0.3, -0.25) is 14.4 Å². The van der Waals surface area contributed by atoms with Crippen molar-refractivity contribution in [1.82, 2.24) is 16.0 Å². The monoisotopic (exact) mass is 363 g/mol. The summed E-state index contributed by atoms with van der Waals surface area (Å²) in [4.78, 5) is 47.2. The smallest absolute Gasteiger partial charge is 0.328 e. The number of benzene rings is 1. The van der Waals surface area contributed by atoms with E-state index in [2.05, 4.69) is 16.0 Å². The molecule has 0 unspecified atom stereocenters. The Bertz CT molecular complexity index is 647. The van der Waals surface area contributed by atoms with Gasteiger partial charge in [0.25, 0.3) is 0 Å². The maximum Gasteiger partial charge on any atom is 0.328 e. The lowest BCUT2D eigenvalue weighted by Crippen LogP contribution is -2.54. The first-order valence-corrected chi connectivity index (χ1v) is 8.24. The van der Waals surface area contributed by atoms with Crippen molar-refractivity contribution in [2.45, 2.75) is 45.3 Å². The number of nitrogens with one attached hydrogen (secondary N) is 3. The molecule has 3 atom stereocenters. The number of rotatable bonds is 8. The van der Waals surface area contributed by atoms with Crippen LogP contribution in [0.15, 0.2) is 30.3 Å². The van der Waals surface area contributed by atoms with Crippen LogP contribution in [0.4, 0.5) is 0 Å². The molecule has 0 saturated heterocycles. The second-order valence-electron chi connectivity index (χ2n) is 5.93. The molecule has 0 saturated carbocycles. The lowest BCUT2D eigenvalue weighted by atomic mass is 10.1. The minimum atomic E-state index is -0.887. The van der Waals surface area contributed by atoms with Gasteiger partial charge in [-0.05, 0) is 19.4 Å². The first kappa shape index (κ1) is 21.1. The van der Waals surface area contributed by atoms with Crippen LogP contribution >= 0.6 is 0 Å². The molecular weight excluding hydrogens is 338 g/mol. The summed E-state index contributed by atoms with van der Waals surface area (Å²) < 4.78 is 4.74. The lowest BCUT2D eigenvalue weighted by Gasteiger charge is -2.21. The van der Waals surface area contributed by atoms with Crippen molar-refractivity contribution in [1.29, 1.82) is 0 Å². The van der Waals surface area contributed by atoms with E-state index < -0.39 is 35.9 Å². The van der Waals surface area contributed by atoms with E-state index in [1.807, 2.05) is 30.3 Å². The van der Waals surface area contributed by atoms with Gasteiger partial charge >= 0.3 is 5.97 Å². The predicted molar refractivity (Wildman–Crippen MR) is 95.0 cm³/mol. The van der Waals surface area contributed by atoms with Gasteiger partial charge in [-0.25, -0.2) is 4.79 Å².